The van der Waals surface area contributed by atoms with Crippen molar-refractivity contribution in [1.82, 2.24) is 9.88 Å². The number of hydrogen-bond donors (Lipinski definition) is 1. The van der Waals surface area contributed by atoms with Gasteiger partial charge in [0.05, 0.1) is 23.9 Å². The molecule has 2 amide bonds. The number of anilines is 1. The first kappa shape index (κ1) is 18.4. The highest BCUT2D eigenvalue weighted by atomic mass is 16.5. The molecule has 1 aromatic heterocycles. The molecule has 0 atom stereocenters. The first-order valence-electron chi connectivity index (χ1n) is 8.21. The number of pyridine rings is 1. The Morgan fingerprint density at radius 3 is 2.64 bits per heavy atom. The smallest absolute Gasteiger partial charge is 0.257 e. The second-order valence-corrected chi connectivity index (χ2v) is 5.70. The van der Waals surface area contributed by atoms with Crippen LogP contribution in [0.3, 0.4) is 0 Å². The van der Waals surface area contributed by atoms with Crippen molar-refractivity contribution >= 4 is 17.5 Å². The molecule has 0 aliphatic rings. The zero-order valence-electron chi connectivity index (χ0n) is 14.8. The zero-order chi connectivity index (χ0) is 18.2. The van der Waals surface area contributed by atoms with Gasteiger partial charge in [-0.05, 0) is 24.6 Å². The van der Waals surface area contributed by atoms with Gasteiger partial charge in [-0.1, -0.05) is 25.5 Å². The van der Waals surface area contributed by atoms with E-state index in [0.717, 1.165) is 12.8 Å². The van der Waals surface area contributed by atoms with Crippen LogP contribution in [0.15, 0.2) is 42.7 Å². The number of ether oxygens (including phenoxy) is 1. The highest BCUT2D eigenvalue weighted by molar-refractivity contribution is 6.06. The molecule has 0 radical (unpaired) electrons. The van der Waals surface area contributed by atoms with Crippen molar-refractivity contribution in [3.05, 3.63) is 53.9 Å². The molecule has 0 unspecified atom stereocenters. The second-order valence-electron chi connectivity index (χ2n) is 5.70. The molecule has 0 bridgehead atoms. The summed E-state index contributed by atoms with van der Waals surface area (Å²) in [6.45, 7) is 2.75. The predicted molar refractivity (Wildman–Crippen MR) is 97.1 cm³/mol. The number of nitrogens with zero attached hydrogens (tertiary/aromatic N) is 2. The van der Waals surface area contributed by atoms with Crippen LogP contribution in [0.5, 0.6) is 5.75 Å². The number of methoxy groups -OCH3 is 1. The summed E-state index contributed by atoms with van der Waals surface area (Å²) in [5, 5.41) is 2.78. The van der Waals surface area contributed by atoms with Crippen LogP contribution in [-0.2, 0) is 0 Å². The maximum Gasteiger partial charge on any atom is 0.257 e. The van der Waals surface area contributed by atoms with E-state index in [0.29, 0.717) is 29.1 Å². The van der Waals surface area contributed by atoms with Crippen LogP contribution in [0.4, 0.5) is 5.69 Å². The van der Waals surface area contributed by atoms with Crippen LogP contribution in [0, 0.1) is 0 Å². The topological polar surface area (TPSA) is 71.5 Å². The Morgan fingerprint density at radius 1 is 1.20 bits per heavy atom. The zero-order valence-corrected chi connectivity index (χ0v) is 14.8. The molecule has 2 rings (SSSR count). The standard InChI is InChI=1S/C19H23N3O3/c1-4-5-10-22(2)19(24)15-11-14(12-20-13-15)18(23)21-16-8-6-7-9-17(16)25-3/h6-9,11-13H,4-5,10H2,1-3H3,(H,21,23). The molecule has 1 heterocycles. The van der Waals surface area contributed by atoms with E-state index < -0.39 is 0 Å². The van der Waals surface area contributed by atoms with Crippen molar-refractivity contribution in [2.75, 3.05) is 26.0 Å². The van der Waals surface area contributed by atoms with Crippen LogP contribution in [0.2, 0.25) is 0 Å². The molecular weight excluding hydrogens is 318 g/mol. The molecule has 0 aliphatic heterocycles. The Hall–Kier alpha value is -2.89. The van der Waals surface area contributed by atoms with E-state index in [-0.39, 0.29) is 11.8 Å². The summed E-state index contributed by atoms with van der Waals surface area (Å²) in [6, 6.07) is 8.69. The fourth-order valence-corrected chi connectivity index (χ4v) is 2.34. The number of para-hydroxylation sites is 2. The lowest BCUT2D eigenvalue weighted by Gasteiger charge is -2.17. The molecule has 0 saturated carbocycles. The number of rotatable bonds is 7. The van der Waals surface area contributed by atoms with Gasteiger partial charge in [0.1, 0.15) is 5.75 Å². The van der Waals surface area contributed by atoms with Crippen molar-refractivity contribution in [2.45, 2.75) is 19.8 Å². The molecule has 1 N–H and O–H groups in total. The van der Waals surface area contributed by atoms with Gasteiger partial charge in [-0.2, -0.15) is 0 Å². The van der Waals surface area contributed by atoms with E-state index in [1.807, 2.05) is 6.07 Å². The number of nitrogens with one attached hydrogen (secondary N) is 1. The fourth-order valence-electron chi connectivity index (χ4n) is 2.34. The van der Waals surface area contributed by atoms with Gasteiger partial charge in [-0.15, -0.1) is 0 Å². The largest absolute Gasteiger partial charge is 0.495 e. The number of aromatic nitrogens is 1. The Balaban J connectivity index is 2.15. The third kappa shape index (κ3) is 4.79. The number of benzene rings is 1. The lowest BCUT2D eigenvalue weighted by Crippen LogP contribution is -2.28. The van der Waals surface area contributed by atoms with Crippen molar-refractivity contribution < 1.29 is 14.3 Å². The van der Waals surface area contributed by atoms with Gasteiger partial charge in [0.15, 0.2) is 0 Å². The molecule has 6 nitrogen and oxygen atoms in total. The first-order chi connectivity index (χ1) is 12.1. The average Bonchev–Trinajstić information content (AvgIpc) is 2.65. The van der Waals surface area contributed by atoms with Gasteiger partial charge in [-0.3, -0.25) is 14.6 Å². The molecular formula is C19H23N3O3. The normalized spacial score (nSPS) is 10.2. The lowest BCUT2D eigenvalue weighted by molar-refractivity contribution is 0.0793. The minimum Gasteiger partial charge on any atom is -0.495 e. The van der Waals surface area contributed by atoms with E-state index in [2.05, 4.69) is 17.2 Å². The van der Waals surface area contributed by atoms with Gasteiger partial charge < -0.3 is 15.0 Å². The molecule has 2 aromatic rings. The third-order valence-corrected chi connectivity index (χ3v) is 3.80. The van der Waals surface area contributed by atoms with Crippen molar-refractivity contribution in [1.29, 1.82) is 0 Å². The van der Waals surface area contributed by atoms with Gasteiger partial charge in [-0.25, -0.2) is 0 Å². The van der Waals surface area contributed by atoms with Gasteiger partial charge in [0, 0.05) is 26.0 Å². The van der Waals surface area contributed by atoms with E-state index >= 15 is 0 Å². The van der Waals surface area contributed by atoms with Crippen LogP contribution in [-0.4, -0.2) is 42.4 Å². The van der Waals surface area contributed by atoms with Crippen LogP contribution >= 0.6 is 0 Å². The van der Waals surface area contributed by atoms with Crippen molar-refractivity contribution in [3.63, 3.8) is 0 Å². The Bertz CT molecular complexity index is 746. The molecule has 0 spiro atoms. The first-order valence-corrected chi connectivity index (χ1v) is 8.21. The summed E-state index contributed by atoms with van der Waals surface area (Å²) in [4.78, 5) is 30.6. The van der Waals surface area contributed by atoms with E-state index in [1.165, 1.54) is 19.5 Å². The average molecular weight is 341 g/mol. The molecule has 1 aromatic carbocycles. The van der Waals surface area contributed by atoms with Gasteiger partial charge in [0.2, 0.25) is 0 Å². The quantitative estimate of drug-likeness (QED) is 0.839. The summed E-state index contributed by atoms with van der Waals surface area (Å²) >= 11 is 0. The third-order valence-electron chi connectivity index (χ3n) is 3.80. The van der Waals surface area contributed by atoms with Gasteiger partial charge >= 0.3 is 0 Å². The Kier molecular flexibility index (Phi) is 6.51. The second kappa shape index (κ2) is 8.82. The SMILES string of the molecule is CCCCN(C)C(=O)c1cncc(C(=O)Nc2ccccc2OC)c1. The maximum atomic E-state index is 12.5. The van der Waals surface area contributed by atoms with Crippen LogP contribution in [0.25, 0.3) is 0 Å². The molecule has 132 valence electrons. The maximum absolute atomic E-state index is 12.5. The molecule has 0 aliphatic carbocycles. The summed E-state index contributed by atoms with van der Waals surface area (Å²) in [5.74, 6) is 0.0751. The minimum atomic E-state index is -0.345. The molecule has 0 fully saturated rings. The van der Waals surface area contributed by atoms with Gasteiger partial charge in [0.25, 0.3) is 11.8 Å². The molecule has 6 heteroatoms. The monoisotopic (exact) mass is 341 g/mol. The van der Waals surface area contributed by atoms with Crippen LogP contribution in [0.1, 0.15) is 40.5 Å². The van der Waals surface area contributed by atoms with E-state index in [4.69, 9.17) is 4.74 Å². The number of carbonyl (C=O) groups excluding carboxylic acids is 2. The van der Waals surface area contributed by atoms with E-state index in [9.17, 15) is 9.59 Å². The van der Waals surface area contributed by atoms with Crippen LogP contribution < -0.4 is 10.1 Å². The Labute approximate surface area is 147 Å². The predicted octanol–water partition coefficient (Wildman–Crippen LogP) is 3.21. The van der Waals surface area contributed by atoms with Crippen molar-refractivity contribution in [2.24, 2.45) is 0 Å². The fraction of sp³-hybridized carbons (Fsp3) is 0.316. The van der Waals surface area contributed by atoms with E-state index in [1.54, 1.807) is 36.2 Å². The highest BCUT2D eigenvalue weighted by Gasteiger charge is 2.15. The Morgan fingerprint density at radius 2 is 1.92 bits per heavy atom. The summed E-state index contributed by atoms with van der Waals surface area (Å²) in [7, 11) is 3.29. The van der Waals surface area contributed by atoms with Crippen molar-refractivity contribution in [3.8, 4) is 5.75 Å². The summed E-state index contributed by atoms with van der Waals surface area (Å²) < 4.78 is 5.22. The number of amides is 2. The number of hydrogen-bond acceptors (Lipinski definition) is 4. The highest BCUT2D eigenvalue weighted by Crippen LogP contribution is 2.23. The number of unbranched alkanes of at least 4 members (excludes halogenated alkanes) is 1. The lowest BCUT2D eigenvalue weighted by atomic mass is 10.1. The molecule has 0 saturated heterocycles. The molecule has 25 heavy (non-hydrogen) atoms. The number of carbonyl (C=O) groups is 2. The summed E-state index contributed by atoms with van der Waals surface area (Å²) in [5.41, 5.74) is 1.28. The summed E-state index contributed by atoms with van der Waals surface area (Å²) in [6.07, 6.45) is 4.86. The minimum absolute atomic E-state index is 0.145.